The number of aromatic nitrogens is 1. The van der Waals surface area contributed by atoms with E-state index in [4.69, 9.17) is 0 Å². The summed E-state index contributed by atoms with van der Waals surface area (Å²) in [6.45, 7) is 7.48. The van der Waals surface area contributed by atoms with Crippen molar-refractivity contribution in [3.05, 3.63) is 46.5 Å². The molecule has 2 nitrogen and oxygen atoms in total. The van der Waals surface area contributed by atoms with Crippen LogP contribution in [-0.4, -0.2) is 17.3 Å². The Morgan fingerprint density at radius 2 is 2.21 bits per heavy atom. The van der Waals surface area contributed by atoms with Gasteiger partial charge in [0.05, 0.1) is 0 Å². The normalized spacial score (nSPS) is 12.6. The highest BCUT2D eigenvalue weighted by Gasteiger charge is 2.14. The standard InChI is InChI=1S/C15H20N2S2/c1-4-16-14(10-19-15-17-7-8-18-15)13-9-11(2)5-6-12(13)3/h5-9,14,16H,4,10H2,1-3H3. The summed E-state index contributed by atoms with van der Waals surface area (Å²) in [5, 5.41) is 5.62. The van der Waals surface area contributed by atoms with Gasteiger partial charge in [-0.25, -0.2) is 4.98 Å². The van der Waals surface area contributed by atoms with Gasteiger partial charge in [-0.05, 0) is 31.5 Å². The molecule has 0 spiro atoms. The van der Waals surface area contributed by atoms with Gasteiger partial charge in [0, 0.05) is 23.4 Å². The molecule has 0 aliphatic heterocycles. The molecule has 0 fully saturated rings. The number of benzene rings is 1. The molecule has 0 saturated heterocycles. The second-order valence-electron chi connectivity index (χ2n) is 4.58. The lowest BCUT2D eigenvalue weighted by Gasteiger charge is -2.20. The van der Waals surface area contributed by atoms with Crippen molar-refractivity contribution in [3.8, 4) is 0 Å². The molecule has 1 N–H and O–H groups in total. The van der Waals surface area contributed by atoms with Gasteiger partial charge in [-0.15, -0.1) is 11.3 Å². The summed E-state index contributed by atoms with van der Waals surface area (Å²) in [4.78, 5) is 4.34. The van der Waals surface area contributed by atoms with Crippen LogP contribution < -0.4 is 5.32 Å². The van der Waals surface area contributed by atoms with E-state index in [9.17, 15) is 0 Å². The van der Waals surface area contributed by atoms with Crippen LogP contribution in [0, 0.1) is 13.8 Å². The number of aryl methyl sites for hydroxylation is 2. The number of thioether (sulfide) groups is 1. The van der Waals surface area contributed by atoms with E-state index in [-0.39, 0.29) is 0 Å². The lowest BCUT2D eigenvalue weighted by atomic mass is 10.00. The molecule has 0 amide bonds. The van der Waals surface area contributed by atoms with E-state index >= 15 is 0 Å². The maximum atomic E-state index is 4.34. The molecular formula is C15H20N2S2. The molecule has 1 atom stereocenters. The van der Waals surface area contributed by atoms with Crippen LogP contribution in [0.5, 0.6) is 0 Å². The Morgan fingerprint density at radius 1 is 1.37 bits per heavy atom. The minimum absolute atomic E-state index is 0.388. The maximum Gasteiger partial charge on any atom is 0.149 e. The third kappa shape index (κ3) is 4.06. The Labute approximate surface area is 123 Å². The average molecular weight is 292 g/mol. The van der Waals surface area contributed by atoms with Gasteiger partial charge in [0.1, 0.15) is 4.34 Å². The molecule has 1 aromatic carbocycles. The highest BCUT2D eigenvalue weighted by atomic mass is 32.2. The van der Waals surface area contributed by atoms with Crippen molar-refractivity contribution < 1.29 is 0 Å². The van der Waals surface area contributed by atoms with Crippen LogP contribution in [0.4, 0.5) is 0 Å². The molecule has 0 saturated carbocycles. The molecular weight excluding hydrogens is 272 g/mol. The van der Waals surface area contributed by atoms with E-state index in [0.29, 0.717) is 6.04 Å². The number of rotatable bonds is 6. The first-order valence-corrected chi connectivity index (χ1v) is 8.40. The van der Waals surface area contributed by atoms with Crippen molar-refractivity contribution in [2.45, 2.75) is 31.2 Å². The Morgan fingerprint density at radius 3 is 2.89 bits per heavy atom. The molecule has 1 unspecified atom stereocenters. The topological polar surface area (TPSA) is 24.9 Å². The van der Waals surface area contributed by atoms with Crippen LogP contribution in [0.15, 0.2) is 34.1 Å². The molecule has 102 valence electrons. The summed E-state index contributed by atoms with van der Waals surface area (Å²) in [5.41, 5.74) is 4.09. The predicted molar refractivity (Wildman–Crippen MR) is 85.2 cm³/mol. The zero-order chi connectivity index (χ0) is 13.7. The largest absolute Gasteiger partial charge is 0.309 e. The predicted octanol–water partition coefficient (Wildman–Crippen LogP) is 4.20. The minimum Gasteiger partial charge on any atom is -0.309 e. The third-order valence-electron chi connectivity index (χ3n) is 3.04. The highest BCUT2D eigenvalue weighted by Crippen LogP contribution is 2.28. The van der Waals surface area contributed by atoms with E-state index in [0.717, 1.165) is 16.6 Å². The van der Waals surface area contributed by atoms with Crippen molar-refractivity contribution in [1.82, 2.24) is 10.3 Å². The summed E-state index contributed by atoms with van der Waals surface area (Å²) >= 11 is 3.54. The lowest BCUT2D eigenvalue weighted by molar-refractivity contribution is 0.602. The van der Waals surface area contributed by atoms with Gasteiger partial charge in [0.15, 0.2) is 0 Å². The van der Waals surface area contributed by atoms with Crippen LogP contribution in [0.25, 0.3) is 0 Å². The molecule has 0 radical (unpaired) electrons. The van der Waals surface area contributed by atoms with Gasteiger partial charge in [-0.3, -0.25) is 0 Å². The highest BCUT2D eigenvalue weighted by molar-refractivity contribution is 8.01. The molecule has 4 heteroatoms. The van der Waals surface area contributed by atoms with E-state index in [1.54, 1.807) is 11.3 Å². The van der Waals surface area contributed by atoms with Crippen molar-refractivity contribution in [2.24, 2.45) is 0 Å². The number of hydrogen-bond acceptors (Lipinski definition) is 4. The van der Waals surface area contributed by atoms with Crippen LogP contribution in [0.3, 0.4) is 0 Å². The van der Waals surface area contributed by atoms with Crippen LogP contribution >= 0.6 is 23.1 Å². The van der Waals surface area contributed by atoms with Crippen molar-refractivity contribution in [1.29, 1.82) is 0 Å². The van der Waals surface area contributed by atoms with Gasteiger partial charge in [0.25, 0.3) is 0 Å². The fourth-order valence-corrected chi connectivity index (χ4v) is 3.82. The first kappa shape index (κ1) is 14.6. The summed E-state index contributed by atoms with van der Waals surface area (Å²) in [6, 6.07) is 7.07. The minimum atomic E-state index is 0.388. The van der Waals surface area contributed by atoms with Gasteiger partial charge < -0.3 is 5.32 Å². The summed E-state index contributed by atoms with van der Waals surface area (Å²) in [7, 11) is 0. The molecule has 1 heterocycles. The number of nitrogens with one attached hydrogen (secondary N) is 1. The van der Waals surface area contributed by atoms with E-state index in [1.165, 1.54) is 16.7 Å². The lowest BCUT2D eigenvalue weighted by Crippen LogP contribution is -2.23. The number of thiazole rings is 1. The molecule has 1 aromatic heterocycles. The van der Waals surface area contributed by atoms with E-state index in [1.807, 2.05) is 23.3 Å². The van der Waals surface area contributed by atoms with Crippen molar-refractivity contribution >= 4 is 23.1 Å². The number of nitrogens with zero attached hydrogens (tertiary/aromatic N) is 1. The second-order valence-corrected chi connectivity index (χ2v) is 6.74. The van der Waals surface area contributed by atoms with E-state index < -0.39 is 0 Å². The maximum absolute atomic E-state index is 4.34. The molecule has 2 aromatic rings. The Kier molecular flexibility index (Phi) is 5.43. The van der Waals surface area contributed by atoms with Gasteiger partial charge >= 0.3 is 0 Å². The summed E-state index contributed by atoms with van der Waals surface area (Å²) in [5.74, 6) is 1.02. The molecule has 19 heavy (non-hydrogen) atoms. The average Bonchev–Trinajstić information content (AvgIpc) is 2.91. The van der Waals surface area contributed by atoms with Crippen LogP contribution in [0.2, 0.25) is 0 Å². The quantitative estimate of drug-likeness (QED) is 0.808. The van der Waals surface area contributed by atoms with Crippen molar-refractivity contribution in [2.75, 3.05) is 12.3 Å². The first-order chi connectivity index (χ1) is 9.20. The van der Waals surface area contributed by atoms with Gasteiger partial charge in [-0.2, -0.15) is 0 Å². The summed E-state index contributed by atoms with van der Waals surface area (Å²) in [6.07, 6.45) is 1.87. The monoisotopic (exact) mass is 292 g/mol. The van der Waals surface area contributed by atoms with Gasteiger partial charge in [0.2, 0.25) is 0 Å². The molecule has 0 bridgehead atoms. The fourth-order valence-electron chi connectivity index (χ4n) is 2.08. The summed E-state index contributed by atoms with van der Waals surface area (Å²) < 4.78 is 1.15. The molecule has 2 rings (SSSR count). The first-order valence-electron chi connectivity index (χ1n) is 6.53. The smallest absolute Gasteiger partial charge is 0.149 e. The van der Waals surface area contributed by atoms with Crippen LogP contribution in [-0.2, 0) is 0 Å². The SMILES string of the molecule is CCNC(CSc1nccs1)c1cc(C)ccc1C. The zero-order valence-corrected chi connectivity index (χ0v) is 13.3. The van der Waals surface area contributed by atoms with Crippen LogP contribution in [0.1, 0.15) is 29.7 Å². The van der Waals surface area contributed by atoms with Crippen molar-refractivity contribution in [3.63, 3.8) is 0 Å². The second kappa shape index (κ2) is 7.08. The zero-order valence-electron chi connectivity index (χ0n) is 11.6. The fraction of sp³-hybridized carbons (Fsp3) is 0.400. The van der Waals surface area contributed by atoms with E-state index in [2.05, 4.69) is 49.3 Å². The Balaban J connectivity index is 2.12. The Bertz CT molecular complexity index is 509. The number of hydrogen-bond donors (Lipinski definition) is 1. The third-order valence-corrected chi connectivity index (χ3v) is 5.10. The molecule has 0 aliphatic rings. The van der Waals surface area contributed by atoms with Gasteiger partial charge in [-0.1, -0.05) is 42.4 Å². The molecule has 0 aliphatic carbocycles. The Hall–Kier alpha value is -0.840.